The van der Waals surface area contributed by atoms with Gasteiger partial charge in [-0.2, -0.15) is 0 Å². The number of hydrogen-bond acceptors (Lipinski definition) is 2. The van der Waals surface area contributed by atoms with Crippen molar-refractivity contribution in [1.29, 1.82) is 0 Å². The molecule has 1 rings (SSSR count). The predicted octanol–water partition coefficient (Wildman–Crippen LogP) is 3.99. The van der Waals surface area contributed by atoms with Crippen LogP contribution in [-0.2, 0) is 4.74 Å². The first-order chi connectivity index (χ1) is 9.04. The van der Waals surface area contributed by atoms with Crippen molar-refractivity contribution >= 4 is 0 Å². The summed E-state index contributed by atoms with van der Waals surface area (Å²) < 4.78 is 20.2. The van der Waals surface area contributed by atoms with Crippen molar-refractivity contribution in [1.82, 2.24) is 5.32 Å². The minimum absolute atomic E-state index is 0.137. The van der Waals surface area contributed by atoms with Crippen molar-refractivity contribution in [2.24, 2.45) is 0 Å². The Balaban J connectivity index is 3.26. The summed E-state index contributed by atoms with van der Waals surface area (Å²) in [6.45, 7) is 8.79. The molecule has 1 aromatic carbocycles. The van der Waals surface area contributed by atoms with E-state index in [1.54, 1.807) is 6.07 Å². The number of nitrogens with one attached hydrogen (secondary N) is 1. The minimum atomic E-state index is -0.363. The highest BCUT2D eigenvalue weighted by Gasteiger charge is 2.37. The van der Waals surface area contributed by atoms with Gasteiger partial charge in [-0.3, -0.25) is 0 Å². The number of rotatable bonds is 7. The van der Waals surface area contributed by atoms with E-state index in [2.05, 4.69) is 19.2 Å². The van der Waals surface area contributed by atoms with Crippen LogP contribution < -0.4 is 5.32 Å². The topological polar surface area (TPSA) is 21.3 Å². The number of ether oxygens (including phenoxy) is 1. The van der Waals surface area contributed by atoms with Gasteiger partial charge in [0.15, 0.2) is 0 Å². The normalized spacial score (nSPS) is 13.6. The van der Waals surface area contributed by atoms with Gasteiger partial charge in [-0.25, -0.2) is 4.39 Å². The number of aryl methyl sites for hydroxylation is 1. The molecule has 0 aliphatic carbocycles. The highest BCUT2D eigenvalue weighted by Crippen LogP contribution is 2.36. The standard InChI is InChI=1S/C16H26FNO/c1-6-16(7-2,19-8-3)15(18-5)13-11-12(4)9-10-14(13)17/h9-11,15,18H,6-8H2,1-5H3. The number of benzene rings is 1. The summed E-state index contributed by atoms with van der Waals surface area (Å²) in [7, 11) is 1.87. The molecule has 0 fully saturated rings. The Labute approximate surface area is 116 Å². The SMILES string of the molecule is CCOC(CC)(CC)C(NC)c1cc(C)ccc1F. The van der Waals surface area contributed by atoms with E-state index in [4.69, 9.17) is 4.74 Å². The van der Waals surface area contributed by atoms with E-state index in [9.17, 15) is 4.39 Å². The predicted molar refractivity (Wildman–Crippen MR) is 77.9 cm³/mol. The van der Waals surface area contributed by atoms with E-state index in [0.29, 0.717) is 12.2 Å². The molecule has 0 amide bonds. The van der Waals surface area contributed by atoms with Crippen LogP contribution in [0.5, 0.6) is 0 Å². The van der Waals surface area contributed by atoms with Gasteiger partial charge in [0.25, 0.3) is 0 Å². The maximum atomic E-state index is 14.2. The molecule has 0 aliphatic rings. The minimum Gasteiger partial charge on any atom is -0.373 e. The Hall–Kier alpha value is -0.930. The van der Waals surface area contributed by atoms with E-state index < -0.39 is 0 Å². The fourth-order valence-corrected chi connectivity index (χ4v) is 2.82. The molecule has 1 unspecified atom stereocenters. The quantitative estimate of drug-likeness (QED) is 0.806. The third kappa shape index (κ3) is 3.34. The first-order valence-corrected chi connectivity index (χ1v) is 7.11. The van der Waals surface area contributed by atoms with Crippen LogP contribution in [0.3, 0.4) is 0 Å². The smallest absolute Gasteiger partial charge is 0.128 e. The van der Waals surface area contributed by atoms with E-state index in [1.165, 1.54) is 6.07 Å². The second kappa shape index (κ2) is 7.01. The molecule has 1 N–H and O–H groups in total. The fraction of sp³-hybridized carbons (Fsp3) is 0.625. The molecule has 0 radical (unpaired) electrons. The first kappa shape index (κ1) is 16.1. The molecule has 108 valence electrons. The second-order valence-corrected chi connectivity index (χ2v) is 4.95. The highest BCUT2D eigenvalue weighted by molar-refractivity contribution is 5.29. The van der Waals surface area contributed by atoms with Gasteiger partial charge in [-0.05, 0) is 39.8 Å². The lowest BCUT2D eigenvalue weighted by atomic mass is 9.83. The molecule has 0 bridgehead atoms. The average molecular weight is 267 g/mol. The number of halogens is 1. The molecule has 0 saturated heterocycles. The molecule has 0 spiro atoms. The van der Waals surface area contributed by atoms with E-state index in [1.807, 2.05) is 27.0 Å². The summed E-state index contributed by atoms with van der Waals surface area (Å²) in [4.78, 5) is 0. The molecule has 0 saturated carbocycles. The van der Waals surface area contributed by atoms with E-state index >= 15 is 0 Å². The Bertz CT molecular complexity index is 402. The lowest BCUT2D eigenvalue weighted by Gasteiger charge is -2.39. The zero-order valence-corrected chi connectivity index (χ0v) is 12.7. The molecule has 1 atom stereocenters. The van der Waals surface area contributed by atoms with Crippen LogP contribution in [-0.4, -0.2) is 19.3 Å². The summed E-state index contributed by atoms with van der Waals surface area (Å²) in [5.74, 6) is -0.170. The maximum absolute atomic E-state index is 14.2. The van der Waals surface area contributed by atoms with Crippen LogP contribution >= 0.6 is 0 Å². The van der Waals surface area contributed by atoms with Gasteiger partial charge in [0.1, 0.15) is 5.82 Å². The maximum Gasteiger partial charge on any atom is 0.128 e. The van der Waals surface area contributed by atoms with Crippen molar-refractivity contribution in [3.8, 4) is 0 Å². The van der Waals surface area contributed by atoms with Crippen LogP contribution in [0.4, 0.5) is 4.39 Å². The van der Waals surface area contributed by atoms with Crippen molar-refractivity contribution < 1.29 is 9.13 Å². The van der Waals surface area contributed by atoms with Crippen molar-refractivity contribution in [2.45, 2.75) is 52.2 Å². The molecule has 3 heteroatoms. The number of hydrogen-bond donors (Lipinski definition) is 1. The molecule has 1 aromatic rings. The summed E-state index contributed by atoms with van der Waals surface area (Å²) in [6, 6.07) is 5.11. The Kier molecular flexibility index (Phi) is 5.95. The van der Waals surface area contributed by atoms with Gasteiger partial charge >= 0.3 is 0 Å². The first-order valence-electron chi connectivity index (χ1n) is 7.11. The Morgan fingerprint density at radius 1 is 1.26 bits per heavy atom. The van der Waals surface area contributed by atoms with Gasteiger partial charge in [-0.15, -0.1) is 0 Å². The monoisotopic (exact) mass is 267 g/mol. The molecule has 0 heterocycles. The van der Waals surface area contributed by atoms with Gasteiger partial charge in [0.2, 0.25) is 0 Å². The largest absolute Gasteiger partial charge is 0.373 e. The van der Waals surface area contributed by atoms with Crippen LogP contribution in [0.25, 0.3) is 0 Å². The van der Waals surface area contributed by atoms with Gasteiger partial charge in [-0.1, -0.05) is 31.5 Å². The lowest BCUT2D eigenvalue weighted by Crippen LogP contribution is -2.44. The summed E-state index contributed by atoms with van der Waals surface area (Å²) in [5, 5.41) is 3.25. The molecular weight excluding hydrogens is 241 g/mol. The Morgan fingerprint density at radius 3 is 2.37 bits per heavy atom. The second-order valence-electron chi connectivity index (χ2n) is 4.95. The van der Waals surface area contributed by atoms with Crippen molar-refractivity contribution in [3.05, 3.63) is 35.1 Å². The number of likely N-dealkylation sites (N-methyl/N-ethyl adjacent to an activating group) is 1. The highest BCUT2D eigenvalue weighted by atomic mass is 19.1. The third-order valence-electron chi connectivity index (χ3n) is 3.91. The fourth-order valence-electron chi connectivity index (χ4n) is 2.82. The van der Waals surface area contributed by atoms with Gasteiger partial charge in [0.05, 0.1) is 11.6 Å². The average Bonchev–Trinajstić information content (AvgIpc) is 2.42. The van der Waals surface area contributed by atoms with Crippen molar-refractivity contribution in [3.63, 3.8) is 0 Å². The van der Waals surface area contributed by atoms with Gasteiger partial charge < -0.3 is 10.1 Å². The van der Waals surface area contributed by atoms with Gasteiger partial charge in [0, 0.05) is 12.2 Å². The van der Waals surface area contributed by atoms with Crippen LogP contribution in [0.1, 0.15) is 50.8 Å². The molecule has 0 aromatic heterocycles. The third-order valence-corrected chi connectivity index (χ3v) is 3.91. The van der Waals surface area contributed by atoms with Crippen molar-refractivity contribution in [2.75, 3.05) is 13.7 Å². The summed E-state index contributed by atoms with van der Waals surface area (Å²) in [5.41, 5.74) is 1.40. The summed E-state index contributed by atoms with van der Waals surface area (Å²) in [6.07, 6.45) is 1.69. The van der Waals surface area contributed by atoms with Crippen LogP contribution in [0.15, 0.2) is 18.2 Å². The van der Waals surface area contributed by atoms with Crippen LogP contribution in [0.2, 0.25) is 0 Å². The van der Waals surface area contributed by atoms with E-state index in [0.717, 1.165) is 18.4 Å². The molecule has 19 heavy (non-hydrogen) atoms. The summed E-state index contributed by atoms with van der Waals surface area (Å²) >= 11 is 0. The molecule has 0 aliphatic heterocycles. The zero-order chi connectivity index (χ0) is 14.5. The van der Waals surface area contributed by atoms with Crippen LogP contribution in [0, 0.1) is 12.7 Å². The Morgan fingerprint density at radius 2 is 1.89 bits per heavy atom. The lowest BCUT2D eigenvalue weighted by molar-refractivity contribution is -0.0724. The van der Waals surface area contributed by atoms with E-state index in [-0.39, 0.29) is 17.5 Å². The zero-order valence-electron chi connectivity index (χ0n) is 12.7. The molecular formula is C16H26FNO. The molecule has 2 nitrogen and oxygen atoms in total.